The van der Waals surface area contributed by atoms with Gasteiger partial charge >= 0.3 is 12.0 Å². The molecule has 1 fully saturated rings. The third kappa shape index (κ3) is 5.04. The van der Waals surface area contributed by atoms with Crippen LogP contribution in [0.25, 0.3) is 0 Å². The van der Waals surface area contributed by atoms with Crippen molar-refractivity contribution in [2.24, 2.45) is 0 Å². The van der Waals surface area contributed by atoms with Crippen LogP contribution in [0.3, 0.4) is 0 Å². The van der Waals surface area contributed by atoms with Crippen LogP contribution in [0.4, 0.5) is 4.79 Å². The number of nitrogens with one attached hydrogen (secondary N) is 1. The summed E-state index contributed by atoms with van der Waals surface area (Å²) in [7, 11) is 0. The van der Waals surface area contributed by atoms with E-state index in [-0.39, 0.29) is 13.0 Å². The van der Waals surface area contributed by atoms with Gasteiger partial charge in [0.1, 0.15) is 6.04 Å². The number of carbonyl (C=O) groups excluding carboxylic acids is 1. The number of urea groups is 1. The number of likely N-dealkylation sites (tertiary alicyclic amines) is 1. The molecule has 7 nitrogen and oxygen atoms in total. The number of carboxylic acid groups (broad SMARTS) is 1. The largest absolute Gasteiger partial charge is 0.480 e. The molecule has 1 unspecified atom stereocenters. The number of carboxylic acids is 1. The zero-order chi connectivity index (χ0) is 14.3. The summed E-state index contributed by atoms with van der Waals surface area (Å²) in [5.74, 6) is -1.09. The number of hydrogen-bond donors (Lipinski definition) is 3. The van der Waals surface area contributed by atoms with E-state index in [0.717, 1.165) is 6.42 Å². The van der Waals surface area contributed by atoms with E-state index in [1.165, 1.54) is 4.90 Å². The van der Waals surface area contributed by atoms with Crippen LogP contribution in [0.15, 0.2) is 0 Å². The average molecular weight is 274 g/mol. The predicted molar refractivity (Wildman–Crippen MR) is 67.9 cm³/mol. The van der Waals surface area contributed by atoms with Crippen LogP contribution in [-0.2, 0) is 9.53 Å². The highest BCUT2D eigenvalue weighted by Crippen LogP contribution is 2.17. The highest BCUT2D eigenvalue weighted by Gasteiger charge is 2.38. The molecule has 2 amide bonds. The summed E-state index contributed by atoms with van der Waals surface area (Å²) in [6.45, 7) is 3.79. The van der Waals surface area contributed by atoms with Gasteiger partial charge in [0.15, 0.2) is 0 Å². The van der Waals surface area contributed by atoms with Gasteiger partial charge in [0, 0.05) is 32.7 Å². The summed E-state index contributed by atoms with van der Waals surface area (Å²) in [4.78, 5) is 23.9. The van der Waals surface area contributed by atoms with Crippen molar-refractivity contribution in [3.63, 3.8) is 0 Å². The van der Waals surface area contributed by atoms with Crippen molar-refractivity contribution in [3.05, 3.63) is 0 Å². The summed E-state index contributed by atoms with van der Waals surface area (Å²) in [6, 6.07) is -1.38. The molecule has 1 aliphatic rings. The summed E-state index contributed by atoms with van der Waals surface area (Å²) >= 11 is 0. The van der Waals surface area contributed by atoms with Gasteiger partial charge < -0.3 is 25.2 Å². The molecular weight excluding hydrogens is 252 g/mol. The Morgan fingerprint density at radius 1 is 1.42 bits per heavy atom. The Morgan fingerprint density at radius 2 is 2.16 bits per heavy atom. The number of aliphatic carboxylic acids is 1. The van der Waals surface area contributed by atoms with Gasteiger partial charge in [-0.15, -0.1) is 0 Å². The number of aliphatic hydroxyl groups excluding tert-OH is 1. The molecule has 1 rings (SSSR count). The Balaban J connectivity index is 2.26. The van der Waals surface area contributed by atoms with Crippen molar-refractivity contribution >= 4 is 12.0 Å². The maximum Gasteiger partial charge on any atom is 0.326 e. The van der Waals surface area contributed by atoms with Crippen molar-refractivity contribution in [3.8, 4) is 0 Å². The van der Waals surface area contributed by atoms with Crippen LogP contribution in [-0.4, -0.2) is 65.6 Å². The van der Waals surface area contributed by atoms with Gasteiger partial charge in [-0.25, -0.2) is 9.59 Å². The van der Waals surface area contributed by atoms with Gasteiger partial charge in [-0.2, -0.15) is 0 Å². The van der Waals surface area contributed by atoms with Gasteiger partial charge in [-0.1, -0.05) is 6.92 Å². The van der Waals surface area contributed by atoms with Gasteiger partial charge in [0.2, 0.25) is 0 Å². The third-order valence-corrected chi connectivity index (χ3v) is 2.92. The third-order valence-electron chi connectivity index (χ3n) is 2.92. The topological polar surface area (TPSA) is 99.1 Å². The SMILES string of the molecule is CCCOCCCNC(=O)N1CC(O)C[C@H]1C(=O)O. The summed E-state index contributed by atoms with van der Waals surface area (Å²) < 4.78 is 5.27. The van der Waals surface area contributed by atoms with E-state index in [2.05, 4.69) is 5.32 Å². The Hall–Kier alpha value is -1.34. The first-order chi connectivity index (χ1) is 9.06. The molecule has 0 aromatic heterocycles. The lowest BCUT2D eigenvalue weighted by Gasteiger charge is -2.21. The van der Waals surface area contributed by atoms with Crippen LogP contribution >= 0.6 is 0 Å². The van der Waals surface area contributed by atoms with E-state index >= 15 is 0 Å². The summed E-state index contributed by atoms with van der Waals surface area (Å²) in [5.41, 5.74) is 0. The number of ether oxygens (including phenoxy) is 1. The van der Waals surface area contributed by atoms with E-state index in [0.29, 0.717) is 26.2 Å². The molecule has 1 aliphatic heterocycles. The lowest BCUT2D eigenvalue weighted by atomic mass is 10.2. The molecule has 1 saturated heterocycles. The molecule has 19 heavy (non-hydrogen) atoms. The molecule has 0 radical (unpaired) electrons. The first-order valence-electron chi connectivity index (χ1n) is 6.59. The molecule has 0 aromatic rings. The molecule has 110 valence electrons. The van der Waals surface area contributed by atoms with E-state index in [1.807, 2.05) is 6.92 Å². The zero-order valence-electron chi connectivity index (χ0n) is 11.2. The van der Waals surface area contributed by atoms with Gasteiger partial charge in [0.25, 0.3) is 0 Å². The van der Waals surface area contributed by atoms with Crippen LogP contribution in [0.1, 0.15) is 26.2 Å². The molecule has 0 aromatic carbocycles. The van der Waals surface area contributed by atoms with Crippen molar-refractivity contribution in [1.29, 1.82) is 0 Å². The zero-order valence-corrected chi connectivity index (χ0v) is 11.2. The fourth-order valence-electron chi connectivity index (χ4n) is 1.99. The Bertz CT molecular complexity index is 310. The monoisotopic (exact) mass is 274 g/mol. The number of carbonyl (C=O) groups is 2. The smallest absolute Gasteiger partial charge is 0.326 e. The molecule has 0 saturated carbocycles. The number of aliphatic hydroxyl groups is 1. The lowest BCUT2D eigenvalue weighted by Crippen LogP contribution is -2.46. The molecular formula is C12H22N2O5. The summed E-state index contributed by atoms with van der Waals surface area (Å²) in [6.07, 6.45) is 0.959. The van der Waals surface area contributed by atoms with Gasteiger partial charge in [0.05, 0.1) is 6.10 Å². The lowest BCUT2D eigenvalue weighted by molar-refractivity contribution is -0.141. The minimum atomic E-state index is -1.09. The Kier molecular flexibility index (Phi) is 6.58. The molecule has 3 N–H and O–H groups in total. The fraction of sp³-hybridized carbons (Fsp3) is 0.833. The number of amides is 2. The van der Waals surface area contributed by atoms with Crippen LogP contribution in [0, 0.1) is 0 Å². The maximum absolute atomic E-state index is 11.8. The van der Waals surface area contributed by atoms with E-state index < -0.39 is 24.1 Å². The number of β-amino-alcohol motifs (C(OH)–C–C–N with tert-alkyl or cyclic N) is 1. The van der Waals surface area contributed by atoms with Crippen molar-refractivity contribution in [2.45, 2.75) is 38.3 Å². The van der Waals surface area contributed by atoms with Crippen LogP contribution in [0.2, 0.25) is 0 Å². The predicted octanol–water partition coefficient (Wildman–Crippen LogP) is 0.0325. The maximum atomic E-state index is 11.8. The van der Waals surface area contributed by atoms with Crippen LogP contribution in [0.5, 0.6) is 0 Å². The van der Waals surface area contributed by atoms with Gasteiger partial charge in [-0.05, 0) is 12.8 Å². The van der Waals surface area contributed by atoms with Gasteiger partial charge in [-0.3, -0.25) is 0 Å². The quantitative estimate of drug-likeness (QED) is 0.569. The molecule has 7 heteroatoms. The number of rotatable bonds is 7. The Labute approximate surface area is 112 Å². The first kappa shape index (κ1) is 15.7. The fourth-order valence-corrected chi connectivity index (χ4v) is 1.99. The second-order valence-corrected chi connectivity index (χ2v) is 4.59. The highest BCUT2D eigenvalue weighted by atomic mass is 16.5. The summed E-state index contributed by atoms with van der Waals surface area (Å²) in [5, 5.41) is 21.0. The van der Waals surface area contributed by atoms with Crippen molar-refractivity contribution in [2.75, 3.05) is 26.3 Å². The minimum Gasteiger partial charge on any atom is -0.480 e. The molecule has 0 aliphatic carbocycles. The van der Waals surface area contributed by atoms with E-state index in [4.69, 9.17) is 9.84 Å². The molecule has 1 heterocycles. The number of hydrogen-bond acceptors (Lipinski definition) is 4. The highest BCUT2D eigenvalue weighted by molar-refractivity contribution is 5.83. The molecule has 0 bridgehead atoms. The van der Waals surface area contributed by atoms with Crippen molar-refractivity contribution in [1.82, 2.24) is 10.2 Å². The second kappa shape index (κ2) is 7.96. The number of nitrogens with zero attached hydrogens (tertiary/aromatic N) is 1. The first-order valence-corrected chi connectivity index (χ1v) is 6.59. The van der Waals surface area contributed by atoms with Crippen LogP contribution < -0.4 is 5.32 Å². The second-order valence-electron chi connectivity index (χ2n) is 4.59. The average Bonchev–Trinajstić information content (AvgIpc) is 2.76. The van der Waals surface area contributed by atoms with Crippen molar-refractivity contribution < 1.29 is 24.5 Å². The normalized spacial score (nSPS) is 22.5. The molecule has 2 atom stereocenters. The van der Waals surface area contributed by atoms with E-state index in [1.54, 1.807) is 0 Å². The van der Waals surface area contributed by atoms with E-state index in [9.17, 15) is 14.7 Å². The minimum absolute atomic E-state index is 0.0646. The molecule has 0 spiro atoms. The Morgan fingerprint density at radius 3 is 2.79 bits per heavy atom. The standard InChI is InChI=1S/C12H22N2O5/c1-2-5-19-6-3-4-13-12(18)14-8-9(15)7-10(14)11(16)17/h9-10,15H,2-8H2,1H3,(H,13,18)(H,16,17)/t9?,10-/m0/s1.